The second-order valence-electron chi connectivity index (χ2n) is 2.43. The van der Waals surface area contributed by atoms with Gasteiger partial charge in [0.05, 0.1) is 0 Å². The molecule has 1 rings (SSSR count). The van der Waals surface area contributed by atoms with E-state index in [0.29, 0.717) is 0 Å². The van der Waals surface area contributed by atoms with E-state index < -0.39 is 6.09 Å². The molecule has 0 saturated carbocycles. The van der Waals surface area contributed by atoms with Crippen LogP contribution in [0.15, 0.2) is 0 Å². The topological polar surface area (TPSA) is 41.6 Å². The standard InChI is InChI=1S/C6H11N2O2/c1-7-6(9)10-5-3-8(2)4-5/h5H,1,3-4H2,2H3,(H,7,9). The van der Waals surface area contributed by atoms with Crippen LogP contribution >= 0.6 is 0 Å². The third-order valence-electron chi connectivity index (χ3n) is 1.45. The van der Waals surface area contributed by atoms with E-state index in [1.54, 1.807) is 0 Å². The molecule has 1 saturated heterocycles. The fourth-order valence-corrected chi connectivity index (χ4v) is 0.909. The Morgan fingerprint density at radius 3 is 2.80 bits per heavy atom. The highest BCUT2D eigenvalue weighted by Gasteiger charge is 2.26. The molecule has 4 nitrogen and oxygen atoms in total. The molecule has 0 aromatic carbocycles. The van der Waals surface area contributed by atoms with Crippen molar-refractivity contribution in [2.45, 2.75) is 6.10 Å². The van der Waals surface area contributed by atoms with Crippen molar-refractivity contribution in [1.82, 2.24) is 10.2 Å². The van der Waals surface area contributed by atoms with Crippen LogP contribution in [0.2, 0.25) is 0 Å². The summed E-state index contributed by atoms with van der Waals surface area (Å²) in [5.41, 5.74) is 0. The van der Waals surface area contributed by atoms with Crippen LogP contribution in [-0.4, -0.2) is 37.2 Å². The summed E-state index contributed by atoms with van der Waals surface area (Å²) < 4.78 is 4.85. The maximum atomic E-state index is 10.5. The number of likely N-dealkylation sites (tertiary alicyclic amines) is 1. The van der Waals surface area contributed by atoms with Crippen LogP contribution < -0.4 is 5.32 Å². The Hall–Kier alpha value is -0.770. The predicted molar refractivity (Wildman–Crippen MR) is 36.3 cm³/mol. The van der Waals surface area contributed by atoms with Crippen molar-refractivity contribution < 1.29 is 9.53 Å². The molecule has 0 spiro atoms. The van der Waals surface area contributed by atoms with Gasteiger partial charge in [-0.05, 0) is 7.05 Å². The van der Waals surface area contributed by atoms with Gasteiger partial charge in [0.15, 0.2) is 0 Å². The third-order valence-corrected chi connectivity index (χ3v) is 1.45. The maximum absolute atomic E-state index is 10.5. The summed E-state index contributed by atoms with van der Waals surface area (Å²) in [7, 11) is 5.15. The van der Waals surface area contributed by atoms with Crippen LogP contribution in [0.1, 0.15) is 0 Å². The molecule has 0 aliphatic carbocycles. The van der Waals surface area contributed by atoms with Gasteiger partial charge in [0.1, 0.15) is 6.10 Å². The average Bonchev–Trinajstić information content (AvgIpc) is 1.84. The zero-order valence-corrected chi connectivity index (χ0v) is 5.96. The van der Waals surface area contributed by atoms with E-state index >= 15 is 0 Å². The average molecular weight is 143 g/mol. The summed E-state index contributed by atoms with van der Waals surface area (Å²) in [6.45, 7) is 1.65. The minimum Gasteiger partial charge on any atom is -0.444 e. The van der Waals surface area contributed by atoms with Gasteiger partial charge in [-0.2, -0.15) is 0 Å². The minimum absolute atomic E-state index is 0.0618. The summed E-state index contributed by atoms with van der Waals surface area (Å²) in [6, 6.07) is 0. The molecule has 1 heterocycles. The Labute approximate surface area is 60.1 Å². The van der Waals surface area contributed by atoms with Crippen molar-refractivity contribution in [3.63, 3.8) is 0 Å². The summed E-state index contributed by atoms with van der Waals surface area (Å²) in [4.78, 5) is 12.6. The summed E-state index contributed by atoms with van der Waals surface area (Å²) >= 11 is 0. The van der Waals surface area contributed by atoms with Crippen LogP contribution in [0, 0.1) is 7.05 Å². The largest absolute Gasteiger partial charge is 0.444 e. The van der Waals surface area contributed by atoms with Crippen molar-refractivity contribution in [2.24, 2.45) is 0 Å². The van der Waals surface area contributed by atoms with Gasteiger partial charge in [-0.3, -0.25) is 4.90 Å². The number of rotatable bonds is 1. The molecule has 1 fully saturated rings. The number of alkyl carbamates (subject to hydrolysis) is 1. The van der Waals surface area contributed by atoms with Crippen LogP contribution in [0.3, 0.4) is 0 Å². The Bertz CT molecular complexity index is 132. The Morgan fingerprint density at radius 2 is 2.40 bits per heavy atom. The molecule has 1 amide bonds. The number of likely N-dealkylation sites (N-methyl/N-ethyl adjacent to an activating group) is 1. The molecule has 0 aromatic rings. The van der Waals surface area contributed by atoms with E-state index in [1.165, 1.54) is 0 Å². The first-order valence-electron chi connectivity index (χ1n) is 3.14. The lowest BCUT2D eigenvalue weighted by atomic mass is 10.2. The van der Waals surface area contributed by atoms with Crippen molar-refractivity contribution in [2.75, 3.05) is 20.1 Å². The summed E-state index contributed by atoms with van der Waals surface area (Å²) in [5, 5.41) is 2.15. The van der Waals surface area contributed by atoms with Crippen LogP contribution in [0.4, 0.5) is 4.79 Å². The lowest BCUT2D eigenvalue weighted by Crippen LogP contribution is -2.51. The van der Waals surface area contributed by atoms with E-state index in [2.05, 4.69) is 17.3 Å². The lowest BCUT2D eigenvalue weighted by molar-refractivity contribution is 0.00199. The van der Waals surface area contributed by atoms with E-state index in [4.69, 9.17) is 4.74 Å². The van der Waals surface area contributed by atoms with Crippen molar-refractivity contribution in [3.05, 3.63) is 7.05 Å². The normalized spacial score (nSPS) is 19.8. The van der Waals surface area contributed by atoms with Gasteiger partial charge < -0.3 is 10.1 Å². The molecule has 1 aliphatic heterocycles. The molecule has 57 valence electrons. The second-order valence-corrected chi connectivity index (χ2v) is 2.43. The van der Waals surface area contributed by atoms with E-state index in [-0.39, 0.29) is 6.10 Å². The van der Waals surface area contributed by atoms with E-state index in [1.807, 2.05) is 7.05 Å². The van der Waals surface area contributed by atoms with Crippen molar-refractivity contribution in [1.29, 1.82) is 0 Å². The highest BCUT2D eigenvalue weighted by atomic mass is 16.6. The maximum Gasteiger partial charge on any atom is 0.407 e. The zero-order chi connectivity index (χ0) is 7.56. The Kier molecular flexibility index (Phi) is 2.11. The molecular formula is C6H11N2O2. The first-order valence-corrected chi connectivity index (χ1v) is 3.14. The van der Waals surface area contributed by atoms with Gasteiger partial charge in [-0.25, -0.2) is 4.79 Å². The fourth-order valence-electron chi connectivity index (χ4n) is 0.909. The monoisotopic (exact) mass is 143 g/mol. The molecule has 4 heteroatoms. The number of nitrogens with zero attached hydrogens (tertiary/aromatic N) is 1. The number of ether oxygens (including phenoxy) is 1. The van der Waals surface area contributed by atoms with Gasteiger partial charge in [-0.15, -0.1) is 0 Å². The molecular weight excluding hydrogens is 132 g/mol. The predicted octanol–water partition coefficient (Wildman–Crippen LogP) is -0.182. The van der Waals surface area contributed by atoms with E-state index in [9.17, 15) is 4.79 Å². The fraction of sp³-hybridized carbons (Fsp3) is 0.667. The smallest absolute Gasteiger partial charge is 0.407 e. The molecule has 0 aromatic heterocycles. The van der Waals surface area contributed by atoms with Crippen LogP contribution in [0.5, 0.6) is 0 Å². The highest BCUT2D eigenvalue weighted by Crippen LogP contribution is 2.07. The molecule has 1 aliphatic rings. The van der Waals surface area contributed by atoms with Gasteiger partial charge >= 0.3 is 6.09 Å². The van der Waals surface area contributed by atoms with Crippen LogP contribution in [-0.2, 0) is 4.74 Å². The number of hydrogen-bond acceptors (Lipinski definition) is 3. The Balaban J connectivity index is 2.10. The van der Waals surface area contributed by atoms with Crippen LogP contribution in [0.25, 0.3) is 0 Å². The first-order chi connectivity index (χ1) is 4.72. The minimum atomic E-state index is -0.446. The number of hydrogen-bond donors (Lipinski definition) is 1. The first kappa shape index (κ1) is 7.34. The number of nitrogens with one attached hydrogen (secondary N) is 1. The number of carbonyl (C=O) groups excluding carboxylic acids is 1. The number of carbonyl (C=O) groups is 1. The summed E-state index contributed by atoms with van der Waals surface area (Å²) in [5.74, 6) is 0. The van der Waals surface area contributed by atoms with Gasteiger partial charge in [0.2, 0.25) is 0 Å². The van der Waals surface area contributed by atoms with Gasteiger partial charge in [-0.1, -0.05) is 0 Å². The van der Waals surface area contributed by atoms with Gasteiger partial charge in [0.25, 0.3) is 0 Å². The van der Waals surface area contributed by atoms with Crippen molar-refractivity contribution >= 4 is 6.09 Å². The molecule has 0 bridgehead atoms. The quantitative estimate of drug-likeness (QED) is 0.553. The number of amides is 1. The molecule has 1 radical (unpaired) electrons. The van der Waals surface area contributed by atoms with Crippen molar-refractivity contribution in [3.8, 4) is 0 Å². The molecule has 10 heavy (non-hydrogen) atoms. The third kappa shape index (κ3) is 1.60. The molecule has 0 atom stereocenters. The summed E-state index contributed by atoms with van der Waals surface area (Å²) in [6.07, 6.45) is -0.384. The molecule has 0 unspecified atom stereocenters. The Morgan fingerprint density at radius 1 is 1.80 bits per heavy atom. The van der Waals surface area contributed by atoms with E-state index in [0.717, 1.165) is 13.1 Å². The second kappa shape index (κ2) is 2.88. The SMILES string of the molecule is [CH2]NC(=O)OC1CN(C)C1. The molecule has 1 N–H and O–H groups in total. The highest BCUT2D eigenvalue weighted by molar-refractivity contribution is 5.67. The van der Waals surface area contributed by atoms with Gasteiger partial charge in [0, 0.05) is 20.1 Å². The lowest BCUT2D eigenvalue weighted by Gasteiger charge is -2.34. The zero-order valence-electron chi connectivity index (χ0n) is 5.96.